The topological polar surface area (TPSA) is 55.9 Å². The Morgan fingerprint density at radius 3 is 2.94 bits per heavy atom. The van der Waals surface area contributed by atoms with E-state index in [1.807, 2.05) is 19.9 Å². The average molecular weight is 232 g/mol. The Hall–Kier alpha value is -1.62. The molecule has 0 saturated carbocycles. The van der Waals surface area contributed by atoms with Gasteiger partial charge in [0.05, 0.1) is 11.6 Å². The standard InChI is InChI=1S/C12H16N4O/c1-7-6-10(9(3)17-7)12-15-14-11-8(2)13-4-5-16(11)12/h6,8,13H,4-5H2,1-3H3. The van der Waals surface area contributed by atoms with Gasteiger partial charge in [0.15, 0.2) is 5.82 Å². The minimum atomic E-state index is 0.262. The van der Waals surface area contributed by atoms with Crippen molar-refractivity contribution in [2.24, 2.45) is 0 Å². The number of aryl methyl sites for hydroxylation is 2. The van der Waals surface area contributed by atoms with Gasteiger partial charge in [-0.15, -0.1) is 10.2 Å². The van der Waals surface area contributed by atoms with Gasteiger partial charge in [-0.1, -0.05) is 0 Å². The fourth-order valence-electron chi connectivity index (χ4n) is 2.39. The first-order valence-electron chi connectivity index (χ1n) is 5.90. The molecule has 0 aliphatic carbocycles. The van der Waals surface area contributed by atoms with E-state index in [4.69, 9.17) is 4.42 Å². The number of aromatic nitrogens is 3. The molecule has 0 bridgehead atoms. The first-order valence-corrected chi connectivity index (χ1v) is 5.90. The minimum Gasteiger partial charge on any atom is -0.466 e. The Kier molecular flexibility index (Phi) is 2.29. The molecule has 0 aromatic carbocycles. The maximum absolute atomic E-state index is 5.56. The molecule has 2 aromatic heterocycles. The van der Waals surface area contributed by atoms with Crippen LogP contribution < -0.4 is 5.32 Å². The maximum atomic E-state index is 5.56. The molecule has 2 aromatic rings. The zero-order valence-corrected chi connectivity index (χ0v) is 10.3. The van der Waals surface area contributed by atoms with Crippen molar-refractivity contribution in [2.45, 2.75) is 33.4 Å². The quantitative estimate of drug-likeness (QED) is 0.814. The molecule has 0 saturated heterocycles. The van der Waals surface area contributed by atoms with E-state index < -0.39 is 0 Å². The van der Waals surface area contributed by atoms with Crippen molar-refractivity contribution in [3.8, 4) is 11.4 Å². The van der Waals surface area contributed by atoms with Crippen LogP contribution in [0.25, 0.3) is 11.4 Å². The number of nitrogens with one attached hydrogen (secondary N) is 1. The molecule has 0 fully saturated rings. The molecule has 1 N–H and O–H groups in total. The number of nitrogens with zero attached hydrogens (tertiary/aromatic N) is 3. The first-order chi connectivity index (χ1) is 8.16. The van der Waals surface area contributed by atoms with Gasteiger partial charge in [-0.05, 0) is 26.8 Å². The Bertz CT molecular complexity index is 555. The van der Waals surface area contributed by atoms with E-state index in [1.165, 1.54) is 0 Å². The van der Waals surface area contributed by atoms with Gasteiger partial charge in [0, 0.05) is 13.1 Å². The van der Waals surface area contributed by atoms with Crippen LogP contribution in [0.4, 0.5) is 0 Å². The highest BCUT2D eigenvalue weighted by Gasteiger charge is 2.23. The summed E-state index contributed by atoms with van der Waals surface area (Å²) in [4.78, 5) is 0. The summed E-state index contributed by atoms with van der Waals surface area (Å²) in [5, 5.41) is 12.0. The van der Waals surface area contributed by atoms with E-state index in [-0.39, 0.29) is 6.04 Å². The second kappa shape index (κ2) is 3.70. The maximum Gasteiger partial charge on any atom is 0.167 e. The van der Waals surface area contributed by atoms with Crippen LogP contribution >= 0.6 is 0 Å². The van der Waals surface area contributed by atoms with E-state index in [9.17, 15) is 0 Å². The monoisotopic (exact) mass is 232 g/mol. The summed E-state index contributed by atoms with van der Waals surface area (Å²) in [7, 11) is 0. The molecular formula is C12H16N4O. The largest absolute Gasteiger partial charge is 0.466 e. The molecule has 90 valence electrons. The van der Waals surface area contributed by atoms with Crippen LogP contribution in [0.15, 0.2) is 10.5 Å². The Morgan fingerprint density at radius 1 is 1.41 bits per heavy atom. The molecule has 3 heterocycles. The lowest BCUT2D eigenvalue weighted by molar-refractivity contribution is 0.438. The van der Waals surface area contributed by atoms with Crippen molar-refractivity contribution in [3.63, 3.8) is 0 Å². The van der Waals surface area contributed by atoms with Crippen molar-refractivity contribution < 1.29 is 4.42 Å². The highest BCUT2D eigenvalue weighted by molar-refractivity contribution is 5.58. The van der Waals surface area contributed by atoms with Gasteiger partial charge >= 0.3 is 0 Å². The van der Waals surface area contributed by atoms with Gasteiger partial charge in [-0.3, -0.25) is 0 Å². The van der Waals surface area contributed by atoms with Gasteiger partial charge in [0.25, 0.3) is 0 Å². The zero-order chi connectivity index (χ0) is 12.0. The third-order valence-corrected chi connectivity index (χ3v) is 3.23. The average Bonchev–Trinajstić information content (AvgIpc) is 2.83. The molecule has 5 nitrogen and oxygen atoms in total. The van der Waals surface area contributed by atoms with Crippen molar-refractivity contribution >= 4 is 0 Å². The summed E-state index contributed by atoms with van der Waals surface area (Å²) in [5.41, 5.74) is 1.05. The molecule has 1 unspecified atom stereocenters. The zero-order valence-electron chi connectivity index (χ0n) is 10.3. The molecule has 17 heavy (non-hydrogen) atoms. The molecule has 3 rings (SSSR count). The molecule has 0 amide bonds. The molecule has 1 aliphatic heterocycles. The van der Waals surface area contributed by atoms with Crippen LogP contribution in [-0.2, 0) is 6.54 Å². The smallest absolute Gasteiger partial charge is 0.167 e. The summed E-state index contributed by atoms with van der Waals surface area (Å²) in [6.07, 6.45) is 0. The second-order valence-corrected chi connectivity index (χ2v) is 4.54. The highest BCUT2D eigenvalue weighted by atomic mass is 16.3. The lowest BCUT2D eigenvalue weighted by atomic mass is 10.2. The van der Waals surface area contributed by atoms with Gasteiger partial charge in [-0.25, -0.2) is 0 Å². The predicted octanol–water partition coefficient (Wildman–Crippen LogP) is 1.82. The van der Waals surface area contributed by atoms with Crippen LogP contribution in [-0.4, -0.2) is 21.3 Å². The summed E-state index contributed by atoms with van der Waals surface area (Å²) >= 11 is 0. The van der Waals surface area contributed by atoms with Gasteiger partial charge in [0.2, 0.25) is 0 Å². The van der Waals surface area contributed by atoms with Crippen LogP contribution in [0, 0.1) is 13.8 Å². The Labute approximate surface area is 99.8 Å². The van der Waals surface area contributed by atoms with Crippen molar-refractivity contribution in [2.75, 3.05) is 6.54 Å². The fraction of sp³-hybridized carbons (Fsp3) is 0.500. The third kappa shape index (κ3) is 1.58. The van der Waals surface area contributed by atoms with Gasteiger partial charge in [0.1, 0.15) is 17.3 Å². The number of rotatable bonds is 1. The van der Waals surface area contributed by atoms with Crippen LogP contribution in [0.5, 0.6) is 0 Å². The normalized spacial score (nSPS) is 19.4. The second-order valence-electron chi connectivity index (χ2n) is 4.54. The van der Waals surface area contributed by atoms with Crippen LogP contribution in [0.1, 0.15) is 30.3 Å². The minimum absolute atomic E-state index is 0.262. The van der Waals surface area contributed by atoms with E-state index >= 15 is 0 Å². The van der Waals surface area contributed by atoms with Gasteiger partial charge < -0.3 is 14.3 Å². The van der Waals surface area contributed by atoms with Crippen LogP contribution in [0.2, 0.25) is 0 Å². The summed E-state index contributed by atoms with van der Waals surface area (Å²) in [5.74, 6) is 3.74. The Balaban J connectivity index is 2.13. The molecule has 0 spiro atoms. The third-order valence-electron chi connectivity index (χ3n) is 3.23. The number of furan rings is 1. The van der Waals surface area contributed by atoms with Crippen LogP contribution in [0.3, 0.4) is 0 Å². The molecule has 1 atom stereocenters. The number of hydrogen-bond acceptors (Lipinski definition) is 4. The lowest BCUT2D eigenvalue weighted by Crippen LogP contribution is -2.32. The SMILES string of the molecule is Cc1cc(-c2nnc3n2CCNC3C)c(C)o1. The lowest BCUT2D eigenvalue weighted by Gasteiger charge is -2.21. The summed E-state index contributed by atoms with van der Waals surface area (Å²) in [6, 6.07) is 2.29. The first kappa shape index (κ1) is 10.5. The van der Waals surface area contributed by atoms with Gasteiger partial charge in [-0.2, -0.15) is 0 Å². The van der Waals surface area contributed by atoms with E-state index in [0.717, 1.165) is 41.8 Å². The summed E-state index contributed by atoms with van der Waals surface area (Å²) < 4.78 is 7.74. The molecular weight excluding hydrogens is 216 g/mol. The van der Waals surface area contributed by atoms with E-state index in [2.05, 4.69) is 27.0 Å². The summed E-state index contributed by atoms with van der Waals surface area (Å²) in [6.45, 7) is 7.89. The highest BCUT2D eigenvalue weighted by Crippen LogP contribution is 2.28. The predicted molar refractivity (Wildman–Crippen MR) is 63.6 cm³/mol. The van der Waals surface area contributed by atoms with E-state index in [0.29, 0.717) is 0 Å². The van der Waals surface area contributed by atoms with Crippen molar-refractivity contribution in [1.82, 2.24) is 20.1 Å². The Morgan fingerprint density at radius 2 is 2.24 bits per heavy atom. The number of fused-ring (bicyclic) bond motifs is 1. The molecule has 1 aliphatic rings. The van der Waals surface area contributed by atoms with Crippen molar-refractivity contribution in [3.05, 3.63) is 23.4 Å². The fourth-order valence-corrected chi connectivity index (χ4v) is 2.39. The van der Waals surface area contributed by atoms with Crippen molar-refractivity contribution in [1.29, 1.82) is 0 Å². The molecule has 0 radical (unpaired) electrons. The van der Waals surface area contributed by atoms with E-state index in [1.54, 1.807) is 0 Å². The molecule has 5 heteroatoms. The number of hydrogen-bond donors (Lipinski definition) is 1.